The largest absolute Gasteiger partial charge is 0.330 e. The molecule has 0 fully saturated rings. The molecule has 1 amide bonds. The van der Waals surface area contributed by atoms with Gasteiger partial charge in [-0.2, -0.15) is 0 Å². The average Bonchev–Trinajstić information content (AvgIpc) is 2.30. The van der Waals surface area contributed by atoms with Gasteiger partial charge in [-0.15, -0.1) is 0 Å². The molecule has 1 aromatic rings. The molecule has 0 saturated heterocycles. The van der Waals surface area contributed by atoms with Crippen LogP contribution >= 0.6 is 0 Å². The van der Waals surface area contributed by atoms with Crippen LogP contribution in [0, 0.1) is 19.8 Å². The maximum absolute atomic E-state index is 12.2. The van der Waals surface area contributed by atoms with E-state index in [2.05, 4.69) is 6.07 Å². The summed E-state index contributed by atoms with van der Waals surface area (Å²) in [4.78, 5) is 13.9. The van der Waals surface area contributed by atoms with Crippen molar-refractivity contribution in [2.45, 2.75) is 27.2 Å². The van der Waals surface area contributed by atoms with Crippen LogP contribution < -0.4 is 10.6 Å². The standard InChI is InChI=1S/C14H22N2O/c1-10-5-6-11(2)13(9-10)16(4)14(17)12(3)7-8-15/h5-6,9,12H,7-8,15H2,1-4H3. The lowest BCUT2D eigenvalue weighted by Gasteiger charge is -2.23. The van der Waals surface area contributed by atoms with Gasteiger partial charge in [0.2, 0.25) is 5.91 Å². The van der Waals surface area contributed by atoms with E-state index in [-0.39, 0.29) is 11.8 Å². The minimum atomic E-state index is -0.0232. The molecular formula is C14H22N2O. The maximum atomic E-state index is 12.2. The molecule has 0 aliphatic heterocycles. The number of nitrogens with zero attached hydrogens (tertiary/aromatic N) is 1. The summed E-state index contributed by atoms with van der Waals surface area (Å²) in [5.41, 5.74) is 8.76. The topological polar surface area (TPSA) is 46.3 Å². The van der Waals surface area contributed by atoms with Crippen molar-refractivity contribution in [2.24, 2.45) is 11.7 Å². The molecule has 0 aliphatic carbocycles. The van der Waals surface area contributed by atoms with Crippen molar-refractivity contribution in [3.8, 4) is 0 Å². The van der Waals surface area contributed by atoms with Gasteiger partial charge in [0, 0.05) is 18.7 Å². The number of hydrogen-bond donors (Lipinski definition) is 1. The quantitative estimate of drug-likeness (QED) is 0.868. The number of anilines is 1. The third kappa shape index (κ3) is 3.30. The Morgan fingerprint density at radius 3 is 2.65 bits per heavy atom. The zero-order valence-corrected chi connectivity index (χ0v) is 11.2. The lowest BCUT2D eigenvalue weighted by Crippen LogP contribution is -2.33. The highest BCUT2D eigenvalue weighted by atomic mass is 16.2. The van der Waals surface area contributed by atoms with Gasteiger partial charge in [-0.05, 0) is 44.0 Å². The zero-order valence-electron chi connectivity index (χ0n) is 11.2. The van der Waals surface area contributed by atoms with E-state index < -0.39 is 0 Å². The van der Waals surface area contributed by atoms with Crippen molar-refractivity contribution < 1.29 is 4.79 Å². The lowest BCUT2D eigenvalue weighted by atomic mass is 10.0. The molecule has 2 N–H and O–H groups in total. The minimum absolute atomic E-state index is 0.0232. The van der Waals surface area contributed by atoms with Gasteiger partial charge in [-0.25, -0.2) is 0 Å². The number of nitrogens with two attached hydrogens (primary N) is 1. The van der Waals surface area contributed by atoms with E-state index in [1.54, 1.807) is 4.90 Å². The predicted molar refractivity (Wildman–Crippen MR) is 72.2 cm³/mol. The summed E-state index contributed by atoms with van der Waals surface area (Å²) in [5, 5.41) is 0. The first-order valence-corrected chi connectivity index (χ1v) is 6.02. The molecule has 1 atom stereocenters. The molecule has 0 aromatic heterocycles. The highest BCUT2D eigenvalue weighted by Crippen LogP contribution is 2.22. The zero-order chi connectivity index (χ0) is 13.0. The predicted octanol–water partition coefficient (Wildman–Crippen LogP) is 2.25. The summed E-state index contributed by atoms with van der Waals surface area (Å²) in [6, 6.07) is 6.14. The van der Waals surface area contributed by atoms with Crippen LogP contribution in [0.25, 0.3) is 0 Å². The van der Waals surface area contributed by atoms with Crippen molar-refractivity contribution >= 4 is 11.6 Å². The number of carbonyl (C=O) groups excluding carboxylic acids is 1. The average molecular weight is 234 g/mol. The monoisotopic (exact) mass is 234 g/mol. The number of carbonyl (C=O) groups is 1. The van der Waals surface area contributed by atoms with Crippen molar-refractivity contribution in [2.75, 3.05) is 18.5 Å². The van der Waals surface area contributed by atoms with Gasteiger partial charge in [0.15, 0.2) is 0 Å². The fourth-order valence-corrected chi connectivity index (χ4v) is 1.90. The maximum Gasteiger partial charge on any atom is 0.229 e. The van der Waals surface area contributed by atoms with Crippen molar-refractivity contribution in [1.29, 1.82) is 0 Å². The van der Waals surface area contributed by atoms with Crippen molar-refractivity contribution in [3.63, 3.8) is 0 Å². The Kier molecular flexibility index (Phi) is 4.70. The van der Waals surface area contributed by atoms with Crippen molar-refractivity contribution in [1.82, 2.24) is 0 Å². The Morgan fingerprint density at radius 1 is 1.41 bits per heavy atom. The van der Waals surface area contributed by atoms with E-state index in [0.29, 0.717) is 6.54 Å². The second-order valence-corrected chi connectivity index (χ2v) is 4.67. The number of aryl methyl sites for hydroxylation is 2. The van der Waals surface area contributed by atoms with E-state index in [1.807, 2.05) is 40.0 Å². The summed E-state index contributed by atoms with van der Waals surface area (Å²) in [7, 11) is 1.83. The van der Waals surface area contributed by atoms with E-state index in [9.17, 15) is 4.79 Å². The van der Waals surface area contributed by atoms with Crippen LogP contribution in [0.1, 0.15) is 24.5 Å². The summed E-state index contributed by atoms with van der Waals surface area (Å²) in [5.74, 6) is 0.106. The molecule has 94 valence electrons. The molecule has 3 nitrogen and oxygen atoms in total. The SMILES string of the molecule is Cc1ccc(C)c(N(C)C(=O)C(C)CCN)c1. The third-order valence-corrected chi connectivity index (χ3v) is 3.08. The normalized spacial score (nSPS) is 12.3. The molecule has 0 saturated carbocycles. The van der Waals surface area contributed by atoms with Gasteiger partial charge in [-0.3, -0.25) is 4.79 Å². The first kappa shape index (κ1) is 13.7. The summed E-state index contributed by atoms with van der Waals surface area (Å²) in [6.07, 6.45) is 0.730. The minimum Gasteiger partial charge on any atom is -0.330 e. The van der Waals surface area contributed by atoms with Crippen molar-refractivity contribution in [3.05, 3.63) is 29.3 Å². The first-order valence-electron chi connectivity index (χ1n) is 6.02. The molecule has 0 aliphatic rings. The molecule has 1 aromatic carbocycles. The Morgan fingerprint density at radius 2 is 2.06 bits per heavy atom. The molecule has 17 heavy (non-hydrogen) atoms. The van der Waals surface area contributed by atoms with E-state index in [1.165, 1.54) is 0 Å². The molecule has 1 rings (SSSR count). The van der Waals surface area contributed by atoms with E-state index in [4.69, 9.17) is 5.73 Å². The highest BCUT2D eigenvalue weighted by Gasteiger charge is 2.19. The smallest absolute Gasteiger partial charge is 0.229 e. The molecule has 1 unspecified atom stereocenters. The van der Waals surface area contributed by atoms with E-state index in [0.717, 1.165) is 23.2 Å². The second-order valence-electron chi connectivity index (χ2n) is 4.67. The molecule has 0 heterocycles. The molecule has 0 radical (unpaired) electrons. The van der Waals surface area contributed by atoms with Gasteiger partial charge in [0.05, 0.1) is 0 Å². The fourth-order valence-electron chi connectivity index (χ4n) is 1.90. The van der Waals surface area contributed by atoms with Crippen LogP contribution in [0.5, 0.6) is 0 Å². The van der Waals surface area contributed by atoms with Crippen LogP contribution in [0.2, 0.25) is 0 Å². The Labute approximate surface area is 104 Å². The number of hydrogen-bond acceptors (Lipinski definition) is 2. The van der Waals surface area contributed by atoms with Gasteiger partial charge < -0.3 is 10.6 Å². The molecule has 0 bridgehead atoms. The Balaban J connectivity index is 2.92. The van der Waals surface area contributed by atoms with E-state index >= 15 is 0 Å². The Hall–Kier alpha value is -1.35. The highest BCUT2D eigenvalue weighted by molar-refractivity contribution is 5.95. The molecule has 3 heteroatoms. The van der Waals surface area contributed by atoms with Crippen LogP contribution in [0.15, 0.2) is 18.2 Å². The lowest BCUT2D eigenvalue weighted by molar-refractivity contribution is -0.121. The van der Waals surface area contributed by atoms with Crippen LogP contribution in [-0.2, 0) is 4.79 Å². The fraction of sp³-hybridized carbons (Fsp3) is 0.500. The number of amides is 1. The number of benzene rings is 1. The third-order valence-electron chi connectivity index (χ3n) is 3.08. The Bertz CT molecular complexity index is 401. The van der Waals surface area contributed by atoms with Gasteiger partial charge >= 0.3 is 0 Å². The van der Waals surface area contributed by atoms with Gasteiger partial charge in [0.1, 0.15) is 0 Å². The van der Waals surface area contributed by atoms with Crippen LogP contribution in [-0.4, -0.2) is 19.5 Å². The first-order chi connectivity index (χ1) is 7.97. The van der Waals surface area contributed by atoms with Crippen LogP contribution in [0.4, 0.5) is 5.69 Å². The van der Waals surface area contributed by atoms with Gasteiger partial charge in [-0.1, -0.05) is 19.1 Å². The summed E-state index contributed by atoms with van der Waals surface area (Å²) < 4.78 is 0. The van der Waals surface area contributed by atoms with Gasteiger partial charge in [0.25, 0.3) is 0 Å². The second kappa shape index (κ2) is 5.82. The van der Waals surface area contributed by atoms with Crippen LogP contribution in [0.3, 0.4) is 0 Å². The molecular weight excluding hydrogens is 212 g/mol. The molecule has 0 spiro atoms. The summed E-state index contributed by atoms with van der Waals surface area (Å²) in [6.45, 7) is 6.53. The summed E-state index contributed by atoms with van der Waals surface area (Å²) >= 11 is 0. The number of rotatable bonds is 4.